The Morgan fingerprint density at radius 1 is 1.16 bits per heavy atom. The average Bonchev–Trinajstić information content (AvgIpc) is 3.45. The Labute approximate surface area is 184 Å². The van der Waals surface area contributed by atoms with Gasteiger partial charge < -0.3 is 10.0 Å². The number of imidazole rings is 1. The molecule has 2 saturated heterocycles. The van der Waals surface area contributed by atoms with Gasteiger partial charge in [0.15, 0.2) is 0 Å². The highest BCUT2D eigenvalue weighted by molar-refractivity contribution is 5.79. The zero-order chi connectivity index (χ0) is 21.8. The van der Waals surface area contributed by atoms with Crippen molar-refractivity contribution in [2.45, 2.75) is 38.6 Å². The molecule has 0 aliphatic carbocycles. The summed E-state index contributed by atoms with van der Waals surface area (Å²) in [4.78, 5) is 29.1. The first-order valence-electron chi connectivity index (χ1n) is 11.4. The van der Waals surface area contributed by atoms with Crippen LogP contribution in [0.15, 0.2) is 30.6 Å². The maximum atomic E-state index is 13.1. The molecule has 2 aromatic heterocycles. The quantitative estimate of drug-likeness (QED) is 0.726. The summed E-state index contributed by atoms with van der Waals surface area (Å²) in [6.45, 7) is 9.98. The Morgan fingerprint density at radius 3 is 2.68 bits per heavy atom. The van der Waals surface area contributed by atoms with E-state index in [-0.39, 0.29) is 18.6 Å². The molecule has 4 heterocycles. The number of aromatic nitrogens is 3. The molecule has 8 nitrogen and oxygen atoms in total. The highest BCUT2D eigenvalue weighted by Crippen LogP contribution is 2.31. The van der Waals surface area contributed by atoms with Crippen LogP contribution in [0.3, 0.4) is 0 Å². The van der Waals surface area contributed by atoms with Crippen molar-refractivity contribution in [3.8, 4) is 5.82 Å². The van der Waals surface area contributed by atoms with E-state index in [1.165, 1.54) is 0 Å². The van der Waals surface area contributed by atoms with Crippen LogP contribution < -0.4 is 0 Å². The van der Waals surface area contributed by atoms with Crippen LogP contribution in [0, 0.1) is 0 Å². The molecule has 1 atom stereocenters. The number of carbonyl (C=O) groups is 1. The number of rotatable bonds is 7. The Balaban J connectivity index is 1.44. The second-order valence-corrected chi connectivity index (χ2v) is 8.82. The first-order chi connectivity index (χ1) is 15.1. The smallest absolute Gasteiger partial charge is 0.237 e. The number of aliphatic hydroxyl groups excluding tert-OH is 1. The Kier molecular flexibility index (Phi) is 6.99. The van der Waals surface area contributed by atoms with Gasteiger partial charge in [0.2, 0.25) is 5.91 Å². The summed E-state index contributed by atoms with van der Waals surface area (Å²) >= 11 is 0. The Bertz CT molecular complexity index is 874. The summed E-state index contributed by atoms with van der Waals surface area (Å²) in [6.07, 6.45) is 5.73. The number of β-amino-alcohol motifs (C(OH)–C–C–N with tert-alkyl or cyclic N) is 1. The van der Waals surface area contributed by atoms with Crippen molar-refractivity contribution in [2.75, 3.05) is 52.4 Å². The van der Waals surface area contributed by atoms with Crippen LogP contribution in [-0.4, -0.2) is 92.7 Å². The van der Waals surface area contributed by atoms with Crippen LogP contribution >= 0.6 is 0 Å². The maximum absolute atomic E-state index is 13.1. The van der Waals surface area contributed by atoms with Gasteiger partial charge in [-0.3, -0.25) is 19.2 Å². The minimum atomic E-state index is 0.0362. The SMILES string of the molecule is CC(C)c1nccn1-c1cccc([C@H]2CCCN2C(=O)CN2CCN(CCO)CC2)n1. The standard InChI is InChI=1S/C23H34N6O2/c1-18(2)23-24-8-10-29(23)21-7-3-5-19(25-21)20-6-4-9-28(20)22(31)17-27-13-11-26(12-14-27)15-16-30/h3,5,7-8,10,18,20,30H,4,6,9,11-17H2,1-2H3/t20-/m1/s1. The molecule has 2 aliphatic rings. The van der Waals surface area contributed by atoms with E-state index in [1.807, 2.05) is 40.1 Å². The number of likely N-dealkylation sites (tertiary alicyclic amines) is 1. The number of nitrogens with zero attached hydrogens (tertiary/aromatic N) is 6. The lowest BCUT2D eigenvalue weighted by Gasteiger charge is -2.35. The first kappa shape index (κ1) is 21.9. The van der Waals surface area contributed by atoms with Crippen molar-refractivity contribution in [3.63, 3.8) is 0 Å². The second kappa shape index (κ2) is 9.89. The van der Waals surface area contributed by atoms with Crippen LogP contribution in [-0.2, 0) is 4.79 Å². The molecule has 1 amide bonds. The van der Waals surface area contributed by atoms with Gasteiger partial charge in [-0.2, -0.15) is 0 Å². The van der Waals surface area contributed by atoms with Gasteiger partial charge in [0.25, 0.3) is 0 Å². The summed E-state index contributed by atoms with van der Waals surface area (Å²) in [5, 5.41) is 9.11. The minimum Gasteiger partial charge on any atom is -0.395 e. The molecule has 0 aromatic carbocycles. The lowest BCUT2D eigenvalue weighted by molar-refractivity contribution is -0.133. The van der Waals surface area contributed by atoms with Gasteiger partial charge in [-0.15, -0.1) is 0 Å². The van der Waals surface area contributed by atoms with Gasteiger partial charge in [0.1, 0.15) is 11.6 Å². The van der Waals surface area contributed by atoms with E-state index < -0.39 is 0 Å². The molecule has 31 heavy (non-hydrogen) atoms. The lowest BCUT2D eigenvalue weighted by atomic mass is 10.1. The molecule has 0 bridgehead atoms. The van der Waals surface area contributed by atoms with Gasteiger partial charge in [-0.05, 0) is 25.0 Å². The third kappa shape index (κ3) is 4.97. The molecule has 0 spiro atoms. The first-order valence-corrected chi connectivity index (χ1v) is 11.4. The fourth-order valence-electron chi connectivity index (χ4n) is 4.66. The number of pyridine rings is 1. The Morgan fingerprint density at radius 2 is 1.94 bits per heavy atom. The van der Waals surface area contributed by atoms with Crippen LogP contribution in [0.5, 0.6) is 0 Å². The van der Waals surface area contributed by atoms with Crippen molar-refractivity contribution in [2.24, 2.45) is 0 Å². The molecule has 2 fully saturated rings. The number of hydrogen-bond donors (Lipinski definition) is 1. The van der Waals surface area contributed by atoms with Crippen molar-refractivity contribution in [1.82, 2.24) is 29.2 Å². The van der Waals surface area contributed by atoms with Gasteiger partial charge >= 0.3 is 0 Å². The average molecular weight is 427 g/mol. The highest BCUT2D eigenvalue weighted by atomic mass is 16.3. The molecule has 0 radical (unpaired) electrons. The summed E-state index contributed by atoms with van der Waals surface area (Å²) < 4.78 is 2.04. The molecule has 168 valence electrons. The lowest BCUT2D eigenvalue weighted by Crippen LogP contribution is -2.50. The van der Waals surface area contributed by atoms with E-state index in [0.717, 1.165) is 62.9 Å². The number of amides is 1. The molecule has 0 unspecified atom stereocenters. The number of aliphatic hydroxyl groups is 1. The highest BCUT2D eigenvalue weighted by Gasteiger charge is 2.32. The van der Waals surface area contributed by atoms with E-state index in [2.05, 4.69) is 28.6 Å². The van der Waals surface area contributed by atoms with Crippen molar-refractivity contribution < 1.29 is 9.90 Å². The summed E-state index contributed by atoms with van der Waals surface area (Å²) in [7, 11) is 0. The van der Waals surface area contributed by atoms with Crippen LogP contribution in [0.1, 0.15) is 50.2 Å². The predicted molar refractivity (Wildman–Crippen MR) is 119 cm³/mol. The summed E-state index contributed by atoms with van der Waals surface area (Å²) in [5.41, 5.74) is 0.958. The molecule has 4 rings (SSSR count). The van der Waals surface area contributed by atoms with Crippen molar-refractivity contribution in [1.29, 1.82) is 0 Å². The van der Waals surface area contributed by atoms with Crippen LogP contribution in [0.4, 0.5) is 0 Å². The second-order valence-electron chi connectivity index (χ2n) is 8.82. The molecule has 2 aromatic rings. The topological polar surface area (TPSA) is 77.7 Å². The van der Waals surface area contributed by atoms with Crippen LogP contribution in [0.2, 0.25) is 0 Å². The van der Waals surface area contributed by atoms with Crippen LogP contribution in [0.25, 0.3) is 5.82 Å². The summed E-state index contributed by atoms with van der Waals surface area (Å²) in [5.74, 6) is 2.35. The Hall–Kier alpha value is -2.29. The van der Waals surface area contributed by atoms with Gasteiger partial charge in [-0.1, -0.05) is 19.9 Å². The zero-order valence-electron chi connectivity index (χ0n) is 18.7. The van der Waals surface area contributed by atoms with Crippen molar-refractivity contribution >= 4 is 5.91 Å². The van der Waals surface area contributed by atoms with E-state index >= 15 is 0 Å². The number of piperazine rings is 1. The predicted octanol–water partition coefficient (Wildman–Crippen LogP) is 1.66. The van der Waals surface area contributed by atoms with Gasteiger partial charge in [0.05, 0.1) is 24.9 Å². The van der Waals surface area contributed by atoms with Crippen molar-refractivity contribution in [3.05, 3.63) is 42.1 Å². The third-order valence-electron chi connectivity index (χ3n) is 6.34. The zero-order valence-corrected chi connectivity index (χ0v) is 18.7. The largest absolute Gasteiger partial charge is 0.395 e. The van der Waals surface area contributed by atoms with E-state index in [9.17, 15) is 4.79 Å². The van der Waals surface area contributed by atoms with E-state index in [0.29, 0.717) is 19.0 Å². The maximum Gasteiger partial charge on any atom is 0.237 e. The van der Waals surface area contributed by atoms with E-state index in [1.54, 1.807) is 0 Å². The summed E-state index contributed by atoms with van der Waals surface area (Å²) in [6, 6.07) is 6.11. The normalized spacial score (nSPS) is 20.6. The molecule has 1 N–H and O–H groups in total. The van der Waals surface area contributed by atoms with Gasteiger partial charge in [-0.25, -0.2) is 9.97 Å². The fourth-order valence-corrected chi connectivity index (χ4v) is 4.66. The fraction of sp³-hybridized carbons (Fsp3) is 0.609. The molecular formula is C23H34N6O2. The monoisotopic (exact) mass is 426 g/mol. The number of hydrogen-bond acceptors (Lipinski definition) is 6. The minimum absolute atomic E-state index is 0.0362. The molecule has 2 aliphatic heterocycles. The van der Waals surface area contributed by atoms with E-state index in [4.69, 9.17) is 10.1 Å². The molecule has 0 saturated carbocycles. The molecular weight excluding hydrogens is 392 g/mol. The molecule has 8 heteroatoms. The number of carbonyl (C=O) groups excluding carboxylic acids is 1. The van der Waals surface area contributed by atoms with Gasteiger partial charge in [0, 0.05) is 57.6 Å². The third-order valence-corrected chi connectivity index (χ3v) is 6.34.